The van der Waals surface area contributed by atoms with Crippen LogP contribution in [0.4, 0.5) is 0 Å². The third kappa shape index (κ3) is 2.69. The van der Waals surface area contributed by atoms with Crippen molar-refractivity contribution in [3.05, 3.63) is 29.3 Å². The molecule has 0 atom stereocenters. The molecular formula is C13H19NO2S. The summed E-state index contributed by atoms with van der Waals surface area (Å²) in [4.78, 5) is 2.76. The van der Waals surface area contributed by atoms with E-state index in [1.807, 2.05) is 6.07 Å². The number of nitrogens with zero attached hydrogens (tertiary/aromatic N) is 1. The molecule has 0 amide bonds. The van der Waals surface area contributed by atoms with Crippen LogP contribution in [0, 0.1) is 0 Å². The van der Waals surface area contributed by atoms with Crippen molar-refractivity contribution in [2.45, 2.75) is 31.2 Å². The Morgan fingerprint density at radius 1 is 1.35 bits per heavy atom. The van der Waals surface area contributed by atoms with Gasteiger partial charge >= 0.3 is 0 Å². The van der Waals surface area contributed by atoms with Crippen LogP contribution >= 0.6 is 0 Å². The summed E-state index contributed by atoms with van der Waals surface area (Å²) in [6, 6.07) is 5.77. The molecule has 3 nitrogen and oxygen atoms in total. The highest BCUT2D eigenvalue weighted by Gasteiger charge is 2.23. The van der Waals surface area contributed by atoms with Crippen LogP contribution in [0.2, 0.25) is 0 Å². The minimum Gasteiger partial charge on any atom is -0.302 e. The van der Waals surface area contributed by atoms with E-state index in [1.54, 1.807) is 6.07 Å². The molecular weight excluding hydrogens is 234 g/mol. The molecule has 1 aromatic rings. The molecule has 1 aliphatic heterocycles. The number of hydrogen-bond acceptors (Lipinski definition) is 3. The van der Waals surface area contributed by atoms with Crippen molar-refractivity contribution in [2.24, 2.45) is 0 Å². The third-order valence-electron chi connectivity index (χ3n) is 3.31. The first kappa shape index (κ1) is 12.6. The molecule has 0 radical (unpaired) electrons. The highest BCUT2D eigenvalue weighted by molar-refractivity contribution is 7.91. The molecule has 0 aliphatic carbocycles. The van der Waals surface area contributed by atoms with Gasteiger partial charge in [-0.1, -0.05) is 19.1 Å². The van der Waals surface area contributed by atoms with Gasteiger partial charge in [0.1, 0.15) is 0 Å². The predicted octanol–water partition coefficient (Wildman–Crippen LogP) is 1.86. The third-order valence-corrected chi connectivity index (χ3v) is 5.21. The van der Waals surface area contributed by atoms with Gasteiger partial charge in [0, 0.05) is 6.54 Å². The van der Waals surface area contributed by atoms with Crippen molar-refractivity contribution in [1.82, 2.24) is 4.90 Å². The van der Waals surface area contributed by atoms with E-state index in [1.165, 1.54) is 5.56 Å². The van der Waals surface area contributed by atoms with Gasteiger partial charge in [0.25, 0.3) is 0 Å². The van der Waals surface area contributed by atoms with Crippen molar-refractivity contribution < 1.29 is 8.42 Å². The van der Waals surface area contributed by atoms with Crippen molar-refractivity contribution >= 4 is 9.84 Å². The van der Waals surface area contributed by atoms with Gasteiger partial charge in [0.15, 0.2) is 9.84 Å². The molecule has 0 saturated heterocycles. The zero-order chi connectivity index (χ0) is 12.5. The lowest BCUT2D eigenvalue weighted by atomic mass is 10.1. The largest absolute Gasteiger partial charge is 0.302 e. The molecule has 1 heterocycles. The van der Waals surface area contributed by atoms with E-state index in [0.29, 0.717) is 10.6 Å². The van der Waals surface area contributed by atoms with Crippen LogP contribution in [-0.4, -0.2) is 32.7 Å². The molecule has 0 bridgehead atoms. The van der Waals surface area contributed by atoms with Crippen LogP contribution in [0.1, 0.15) is 24.5 Å². The van der Waals surface area contributed by atoms with E-state index in [9.17, 15) is 8.42 Å². The second-order valence-corrected chi connectivity index (χ2v) is 6.77. The Labute approximate surface area is 103 Å². The van der Waals surface area contributed by atoms with Crippen molar-refractivity contribution in [3.63, 3.8) is 0 Å². The normalized spacial score (nSPS) is 18.1. The SMILES string of the molecule is CCN(C)Cc1ccc2c(c1)CCCS2(=O)=O. The second kappa shape index (κ2) is 4.78. The summed E-state index contributed by atoms with van der Waals surface area (Å²) in [7, 11) is -0.941. The van der Waals surface area contributed by atoms with Gasteiger partial charge in [0.05, 0.1) is 10.6 Å². The van der Waals surface area contributed by atoms with Crippen LogP contribution in [0.3, 0.4) is 0 Å². The topological polar surface area (TPSA) is 37.4 Å². The molecule has 0 N–H and O–H groups in total. The predicted molar refractivity (Wildman–Crippen MR) is 68.8 cm³/mol. The van der Waals surface area contributed by atoms with Gasteiger partial charge in [-0.15, -0.1) is 0 Å². The Morgan fingerprint density at radius 2 is 2.12 bits per heavy atom. The summed E-state index contributed by atoms with van der Waals surface area (Å²) in [6.45, 7) is 3.99. The quantitative estimate of drug-likeness (QED) is 0.825. The molecule has 94 valence electrons. The maximum absolute atomic E-state index is 11.9. The molecule has 0 unspecified atom stereocenters. The minimum atomic E-state index is -3.01. The average molecular weight is 253 g/mol. The Balaban J connectivity index is 2.32. The fraction of sp³-hybridized carbons (Fsp3) is 0.538. The fourth-order valence-corrected chi connectivity index (χ4v) is 3.80. The summed E-state index contributed by atoms with van der Waals surface area (Å²) in [5.74, 6) is 0.300. The van der Waals surface area contributed by atoms with E-state index < -0.39 is 9.84 Å². The highest BCUT2D eigenvalue weighted by atomic mass is 32.2. The van der Waals surface area contributed by atoms with Crippen molar-refractivity contribution in [3.8, 4) is 0 Å². The molecule has 17 heavy (non-hydrogen) atoms. The molecule has 4 heteroatoms. The van der Waals surface area contributed by atoms with Crippen molar-refractivity contribution in [2.75, 3.05) is 19.3 Å². The van der Waals surface area contributed by atoms with Crippen LogP contribution in [0.5, 0.6) is 0 Å². The monoisotopic (exact) mass is 253 g/mol. The first-order valence-electron chi connectivity index (χ1n) is 6.06. The van der Waals surface area contributed by atoms with Gasteiger partial charge in [-0.05, 0) is 43.6 Å². The lowest BCUT2D eigenvalue weighted by Gasteiger charge is -2.19. The zero-order valence-electron chi connectivity index (χ0n) is 10.4. The van der Waals surface area contributed by atoms with Gasteiger partial charge in [-0.2, -0.15) is 0 Å². The maximum Gasteiger partial charge on any atom is 0.178 e. The smallest absolute Gasteiger partial charge is 0.178 e. The molecule has 0 saturated carbocycles. The Morgan fingerprint density at radius 3 is 2.82 bits per heavy atom. The van der Waals surface area contributed by atoms with E-state index >= 15 is 0 Å². The van der Waals surface area contributed by atoms with E-state index in [0.717, 1.165) is 31.5 Å². The number of rotatable bonds is 3. The van der Waals surface area contributed by atoms with Gasteiger partial charge in [0.2, 0.25) is 0 Å². The summed E-state index contributed by atoms with van der Waals surface area (Å²) in [6.07, 6.45) is 1.64. The number of hydrogen-bond donors (Lipinski definition) is 0. The molecule has 0 aromatic heterocycles. The van der Waals surface area contributed by atoms with Crippen LogP contribution in [0.25, 0.3) is 0 Å². The zero-order valence-corrected chi connectivity index (χ0v) is 11.3. The summed E-state index contributed by atoms with van der Waals surface area (Å²) >= 11 is 0. The summed E-state index contributed by atoms with van der Waals surface area (Å²) in [5.41, 5.74) is 2.20. The highest BCUT2D eigenvalue weighted by Crippen LogP contribution is 2.26. The number of benzene rings is 1. The summed E-state index contributed by atoms with van der Waals surface area (Å²) in [5, 5.41) is 0. The second-order valence-electron chi connectivity index (χ2n) is 4.69. The Bertz CT molecular complexity index is 508. The van der Waals surface area contributed by atoms with E-state index in [2.05, 4.69) is 24.9 Å². The fourth-order valence-electron chi connectivity index (χ4n) is 2.22. The Kier molecular flexibility index (Phi) is 3.54. The number of aryl methyl sites for hydroxylation is 1. The molecule has 1 aromatic carbocycles. The summed E-state index contributed by atoms with van der Waals surface area (Å²) < 4.78 is 23.7. The van der Waals surface area contributed by atoms with Gasteiger partial charge < -0.3 is 4.90 Å². The standard InChI is InChI=1S/C13H19NO2S/c1-3-14(2)10-11-6-7-13-12(9-11)5-4-8-17(13,15)16/h6-7,9H,3-5,8,10H2,1-2H3. The van der Waals surface area contributed by atoms with E-state index in [-0.39, 0.29) is 0 Å². The Hall–Kier alpha value is -0.870. The van der Waals surface area contributed by atoms with Gasteiger partial charge in [-0.25, -0.2) is 8.42 Å². The maximum atomic E-state index is 11.9. The number of fused-ring (bicyclic) bond motifs is 1. The molecule has 0 spiro atoms. The first-order chi connectivity index (χ1) is 8.03. The van der Waals surface area contributed by atoms with Crippen molar-refractivity contribution in [1.29, 1.82) is 0 Å². The number of sulfone groups is 1. The van der Waals surface area contributed by atoms with Crippen LogP contribution < -0.4 is 0 Å². The molecule has 1 aliphatic rings. The van der Waals surface area contributed by atoms with Crippen LogP contribution in [0.15, 0.2) is 23.1 Å². The minimum absolute atomic E-state index is 0.300. The van der Waals surface area contributed by atoms with E-state index in [4.69, 9.17) is 0 Å². The molecule has 0 fully saturated rings. The lowest BCUT2D eigenvalue weighted by Crippen LogP contribution is -2.19. The first-order valence-corrected chi connectivity index (χ1v) is 7.71. The average Bonchev–Trinajstić information content (AvgIpc) is 2.28. The van der Waals surface area contributed by atoms with Crippen LogP contribution in [-0.2, 0) is 22.8 Å². The van der Waals surface area contributed by atoms with Gasteiger partial charge in [-0.3, -0.25) is 0 Å². The molecule has 2 rings (SSSR count). The lowest BCUT2D eigenvalue weighted by molar-refractivity contribution is 0.345.